The van der Waals surface area contributed by atoms with Gasteiger partial charge >= 0.3 is 18.1 Å². The molecule has 1 aliphatic carbocycles. The second kappa shape index (κ2) is 7.36. The third-order valence-corrected chi connectivity index (χ3v) is 4.08. The average molecular weight is 336 g/mol. The first-order valence-corrected chi connectivity index (χ1v) is 7.58. The summed E-state index contributed by atoms with van der Waals surface area (Å²) in [6.45, 7) is 7.64. The van der Waals surface area contributed by atoms with Crippen molar-refractivity contribution in [3.05, 3.63) is 12.2 Å². The maximum atomic E-state index is 13.6. The van der Waals surface area contributed by atoms with Crippen molar-refractivity contribution in [1.29, 1.82) is 0 Å². The monoisotopic (exact) mass is 336 g/mol. The van der Waals surface area contributed by atoms with Crippen LogP contribution in [0.15, 0.2) is 12.2 Å². The second-order valence-electron chi connectivity index (χ2n) is 6.28. The molecule has 7 heteroatoms. The van der Waals surface area contributed by atoms with Gasteiger partial charge in [0.1, 0.15) is 0 Å². The van der Waals surface area contributed by atoms with E-state index in [0.29, 0.717) is 6.42 Å². The molecule has 0 bridgehead atoms. The Morgan fingerprint density at radius 2 is 1.91 bits per heavy atom. The Hall–Kier alpha value is -1.53. The smallest absolute Gasteiger partial charge is 0.428 e. The molecular weight excluding hydrogens is 313 g/mol. The first kappa shape index (κ1) is 19.5. The molecule has 0 aliphatic heterocycles. The Labute approximate surface area is 134 Å². The van der Waals surface area contributed by atoms with Crippen LogP contribution in [0.2, 0.25) is 0 Å². The van der Waals surface area contributed by atoms with Gasteiger partial charge in [-0.3, -0.25) is 4.79 Å². The lowest BCUT2D eigenvalue weighted by molar-refractivity contribution is -0.282. The van der Waals surface area contributed by atoms with E-state index in [4.69, 9.17) is 9.47 Å². The molecule has 3 unspecified atom stereocenters. The molecule has 0 aromatic rings. The van der Waals surface area contributed by atoms with Crippen molar-refractivity contribution >= 4 is 11.9 Å². The molecule has 23 heavy (non-hydrogen) atoms. The lowest BCUT2D eigenvalue weighted by atomic mass is 9.86. The van der Waals surface area contributed by atoms with E-state index in [-0.39, 0.29) is 37.4 Å². The Bertz CT molecular complexity index is 472. The molecule has 3 atom stereocenters. The minimum atomic E-state index is -4.62. The maximum absolute atomic E-state index is 13.6. The first-order chi connectivity index (χ1) is 10.5. The number of halogens is 3. The predicted octanol–water partition coefficient (Wildman–Crippen LogP) is 3.80. The van der Waals surface area contributed by atoms with E-state index in [2.05, 4.69) is 6.58 Å². The average Bonchev–Trinajstić information content (AvgIpc) is 2.70. The van der Waals surface area contributed by atoms with E-state index in [1.807, 2.05) is 0 Å². The number of carbonyl (C=O) groups is 2. The van der Waals surface area contributed by atoms with Crippen molar-refractivity contribution in [3.8, 4) is 0 Å². The van der Waals surface area contributed by atoms with Crippen LogP contribution in [0.4, 0.5) is 13.2 Å². The summed E-state index contributed by atoms with van der Waals surface area (Å²) in [5.41, 5.74) is -2.19. The van der Waals surface area contributed by atoms with Gasteiger partial charge in [0.2, 0.25) is 5.60 Å². The van der Waals surface area contributed by atoms with Crippen LogP contribution < -0.4 is 0 Å². The van der Waals surface area contributed by atoms with Crippen LogP contribution >= 0.6 is 0 Å². The predicted molar refractivity (Wildman–Crippen MR) is 77.4 cm³/mol. The molecule has 0 aromatic heterocycles. The lowest BCUT2D eigenvalue weighted by Crippen LogP contribution is -2.51. The second-order valence-corrected chi connectivity index (χ2v) is 6.28. The highest BCUT2D eigenvalue weighted by Gasteiger charge is 2.65. The molecule has 0 heterocycles. The molecule has 0 radical (unpaired) electrons. The Balaban J connectivity index is 2.75. The summed E-state index contributed by atoms with van der Waals surface area (Å²) >= 11 is 0. The minimum absolute atomic E-state index is 0.0184. The van der Waals surface area contributed by atoms with Crippen LogP contribution in [0, 0.1) is 11.8 Å². The van der Waals surface area contributed by atoms with Gasteiger partial charge in [0.25, 0.3) is 0 Å². The number of alkyl halides is 3. The van der Waals surface area contributed by atoms with E-state index in [0.717, 1.165) is 6.92 Å². The number of carbonyl (C=O) groups excluding carboxylic acids is 2. The SMILES string of the molecule is C=C(C)C(=O)OCCCC1CC(C)CC1(OC(C)=O)C(F)(F)F. The van der Waals surface area contributed by atoms with Crippen LogP contribution in [0.3, 0.4) is 0 Å². The van der Waals surface area contributed by atoms with Crippen LogP contribution in [0.5, 0.6) is 0 Å². The van der Waals surface area contributed by atoms with Crippen LogP contribution in [-0.2, 0) is 19.1 Å². The molecule has 0 N–H and O–H groups in total. The van der Waals surface area contributed by atoms with Crippen LogP contribution in [0.1, 0.15) is 46.5 Å². The van der Waals surface area contributed by atoms with Crippen molar-refractivity contribution in [3.63, 3.8) is 0 Å². The highest BCUT2D eigenvalue weighted by atomic mass is 19.4. The van der Waals surface area contributed by atoms with Crippen LogP contribution in [-0.4, -0.2) is 30.3 Å². The van der Waals surface area contributed by atoms with Crippen molar-refractivity contribution in [2.75, 3.05) is 6.61 Å². The molecule has 4 nitrogen and oxygen atoms in total. The fourth-order valence-corrected chi connectivity index (χ4v) is 3.20. The highest BCUT2D eigenvalue weighted by Crippen LogP contribution is 2.53. The fourth-order valence-electron chi connectivity index (χ4n) is 3.20. The van der Waals surface area contributed by atoms with Gasteiger partial charge in [0, 0.05) is 18.4 Å². The molecule has 1 rings (SSSR count). The van der Waals surface area contributed by atoms with Gasteiger partial charge < -0.3 is 9.47 Å². The van der Waals surface area contributed by atoms with Crippen LogP contribution in [0.25, 0.3) is 0 Å². The zero-order valence-corrected chi connectivity index (χ0v) is 13.7. The van der Waals surface area contributed by atoms with Crippen molar-refractivity contribution < 1.29 is 32.2 Å². The summed E-state index contributed by atoms with van der Waals surface area (Å²) in [6.07, 6.45) is -4.09. The van der Waals surface area contributed by atoms with Gasteiger partial charge in [-0.05, 0) is 38.5 Å². The van der Waals surface area contributed by atoms with Crippen molar-refractivity contribution in [1.82, 2.24) is 0 Å². The van der Waals surface area contributed by atoms with E-state index >= 15 is 0 Å². The zero-order chi connectivity index (χ0) is 17.8. The quantitative estimate of drug-likeness (QED) is 0.421. The largest absolute Gasteiger partial charge is 0.462 e. The summed E-state index contributed by atoms with van der Waals surface area (Å²) in [6, 6.07) is 0. The fraction of sp³-hybridized carbons (Fsp3) is 0.750. The lowest BCUT2D eigenvalue weighted by Gasteiger charge is -2.36. The standard InChI is InChI=1S/C16H23F3O4/c1-10(2)14(21)22-7-5-6-13-8-11(3)9-15(13,16(17,18)19)23-12(4)20/h11,13H,1,5-9H2,2-4H3. The summed E-state index contributed by atoms with van der Waals surface area (Å²) < 4.78 is 50.4. The minimum Gasteiger partial charge on any atom is -0.462 e. The Kier molecular flexibility index (Phi) is 6.25. The van der Waals surface area contributed by atoms with E-state index in [9.17, 15) is 22.8 Å². The molecule has 0 amide bonds. The van der Waals surface area contributed by atoms with E-state index in [1.165, 1.54) is 6.92 Å². The number of hydrogen-bond donors (Lipinski definition) is 0. The molecule has 1 saturated carbocycles. The third-order valence-electron chi connectivity index (χ3n) is 4.08. The van der Waals surface area contributed by atoms with Gasteiger partial charge in [-0.1, -0.05) is 13.5 Å². The first-order valence-electron chi connectivity index (χ1n) is 7.58. The molecule has 0 spiro atoms. The molecule has 0 saturated heterocycles. The molecule has 1 fully saturated rings. The summed E-state index contributed by atoms with van der Waals surface area (Å²) in [5.74, 6) is -2.52. The van der Waals surface area contributed by atoms with Gasteiger partial charge in [-0.25, -0.2) is 4.79 Å². The van der Waals surface area contributed by atoms with E-state index < -0.39 is 29.6 Å². The van der Waals surface area contributed by atoms with Gasteiger partial charge in [0.15, 0.2) is 0 Å². The molecular formula is C16H23F3O4. The maximum Gasteiger partial charge on any atom is 0.428 e. The highest BCUT2D eigenvalue weighted by molar-refractivity contribution is 5.86. The topological polar surface area (TPSA) is 52.6 Å². The normalized spacial score (nSPS) is 27.6. The third kappa shape index (κ3) is 4.72. The Morgan fingerprint density at radius 1 is 1.30 bits per heavy atom. The summed E-state index contributed by atoms with van der Waals surface area (Å²) in [7, 11) is 0. The number of hydrogen-bond acceptors (Lipinski definition) is 4. The van der Waals surface area contributed by atoms with Gasteiger partial charge in [-0.15, -0.1) is 0 Å². The van der Waals surface area contributed by atoms with E-state index in [1.54, 1.807) is 6.92 Å². The molecule has 132 valence electrons. The number of ether oxygens (including phenoxy) is 2. The van der Waals surface area contributed by atoms with Gasteiger partial charge in [-0.2, -0.15) is 13.2 Å². The number of rotatable bonds is 6. The van der Waals surface area contributed by atoms with Crippen molar-refractivity contribution in [2.45, 2.75) is 58.2 Å². The van der Waals surface area contributed by atoms with Crippen molar-refractivity contribution in [2.24, 2.45) is 11.8 Å². The van der Waals surface area contributed by atoms with Gasteiger partial charge in [0.05, 0.1) is 6.61 Å². The number of esters is 2. The molecule has 1 aliphatic rings. The summed E-state index contributed by atoms with van der Waals surface area (Å²) in [4.78, 5) is 22.4. The molecule has 0 aromatic carbocycles. The summed E-state index contributed by atoms with van der Waals surface area (Å²) in [5, 5.41) is 0. The Morgan fingerprint density at radius 3 is 2.39 bits per heavy atom. The zero-order valence-electron chi connectivity index (χ0n) is 13.7.